The van der Waals surface area contributed by atoms with Crippen molar-refractivity contribution in [1.82, 2.24) is 24.1 Å². The molecule has 2 aromatic heterocycles. The molecule has 0 aliphatic rings. The van der Waals surface area contributed by atoms with Crippen LogP contribution in [0.2, 0.25) is 0 Å². The number of hydrogen-bond acceptors (Lipinski definition) is 5. The Labute approximate surface area is 60.5 Å². The van der Waals surface area contributed by atoms with Gasteiger partial charge in [0.15, 0.2) is 0 Å². The van der Waals surface area contributed by atoms with Gasteiger partial charge in [-0.2, -0.15) is 14.2 Å². The summed E-state index contributed by atoms with van der Waals surface area (Å²) in [7, 11) is 0. The minimum Gasteiger partial charge on any atom is -0.223 e. The molecule has 50 valence electrons. The molecule has 10 heavy (non-hydrogen) atoms. The van der Waals surface area contributed by atoms with E-state index in [2.05, 4.69) is 19.4 Å². The van der Waals surface area contributed by atoms with Crippen molar-refractivity contribution in [3.8, 4) is 5.13 Å². The third-order valence-electron chi connectivity index (χ3n) is 0.964. The van der Waals surface area contributed by atoms with Gasteiger partial charge in [-0.3, -0.25) is 0 Å². The summed E-state index contributed by atoms with van der Waals surface area (Å²) in [6.07, 6.45) is 4.53. The topological polar surface area (TPSA) is 56.5 Å². The van der Waals surface area contributed by atoms with Gasteiger partial charge in [0, 0.05) is 11.5 Å². The summed E-state index contributed by atoms with van der Waals surface area (Å²) >= 11 is 1.28. The molecular formula is C4H3N5S. The van der Waals surface area contributed by atoms with Crippen LogP contribution in [0.3, 0.4) is 0 Å². The first-order valence-electron chi connectivity index (χ1n) is 2.58. The normalized spacial score (nSPS) is 10.0. The molecule has 0 aliphatic heterocycles. The van der Waals surface area contributed by atoms with Crippen LogP contribution in [-0.4, -0.2) is 24.1 Å². The van der Waals surface area contributed by atoms with E-state index >= 15 is 0 Å². The van der Waals surface area contributed by atoms with Gasteiger partial charge in [-0.1, -0.05) is 0 Å². The molecule has 2 aromatic rings. The summed E-state index contributed by atoms with van der Waals surface area (Å²) in [6.45, 7) is 0. The lowest BCUT2D eigenvalue weighted by Crippen LogP contribution is -1.91. The number of rotatable bonds is 1. The maximum atomic E-state index is 3.93. The van der Waals surface area contributed by atoms with Gasteiger partial charge in [-0.05, 0) is 0 Å². The van der Waals surface area contributed by atoms with Crippen LogP contribution < -0.4 is 0 Å². The molecule has 0 radical (unpaired) electrons. The highest BCUT2D eigenvalue weighted by molar-refractivity contribution is 7.07. The first kappa shape index (κ1) is 5.48. The van der Waals surface area contributed by atoms with Crippen LogP contribution in [0.1, 0.15) is 0 Å². The predicted octanol–water partition coefficient (Wildman–Crippen LogP) is 0.119. The average Bonchev–Trinajstić information content (AvgIpc) is 2.59. The molecule has 6 heteroatoms. The van der Waals surface area contributed by atoms with Crippen LogP contribution in [-0.2, 0) is 0 Å². The molecule has 0 amide bonds. The van der Waals surface area contributed by atoms with E-state index in [0.717, 1.165) is 5.13 Å². The van der Waals surface area contributed by atoms with Crippen molar-refractivity contribution in [2.24, 2.45) is 0 Å². The minimum absolute atomic E-state index is 0.734. The molecule has 0 saturated carbocycles. The van der Waals surface area contributed by atoms with Gasteiger partial charge in [0.25, 0.3) is 0 Å². The van der Waals surface area contributed by atoms with Crippen molar-refractivity contribution in [3.05, 3.63) is 19.0 Å². The van der Waals surface area contributed by atoms with E-state index in [0.29, 0.717) is 0 Å². The number of aromatic nitrogens is 5. The third kappa shape index (κ3) is 0.781. The molecule has 5 nitrogen and oxygen atoms in total. The highest BCUT2D eigenvalue weighted by Gasteiger charge is 1.97. The number of hydrogen-bond donors (Lipinski definition) is 0. The second-order valence-electron chi connectivity index (χ2n) is 1.56. The Hall–Kier alpha value is -1.30. The monoisotopic (exact) mass is 153 g/mol. The van der Waals surface area contributed by atoms with Crippen LogP contribution in [0.5, 0.6) is 0 Å². The van der Waals surface area contributed by atoms with Gasteiger partial charge in [-0.25, -0.2) is 9.97 Å². The van der Waals surface area contributed by atoms with E-state index in [9.17, 15) is 0 Å². The zero-order valence-corrected chi connectivity index (χ0v) is 5.69. The summed E-state index contributed by atoms with van der Waals surface area (Å²) in [5, 5.41) is 4.61. The molecule has 0 N–H and O–H groups in total. The van der Waals surface area contributed by atoms with Crippen LogP contribution in [0.15, 0.2) is 19.0 Å². The minimum atomic E-state index is 0.734. The summed E-state index contributed by atoms with van der Waals surface area (Å²) in [5.41, 5.74) is 0. The Morgan fingerprint density at radius 2 is 2.40 bits per heavy atom. The first-order valence-corrected chi connectivity index (χ1v) is 3.36. The molecule has 0 aliphatic carbocycles. The second kappa shape index (κ2) is 2.14. The van der Waals surface area contributed by atoms with Crippen LogP contribution >= 0.6 is 11.5 Å². The third-order valence-corrected chi connectivity index (χ3v) is 1.62. The lowest BCUT2D eigenvalue weighted by Gasteiger charge is -1.86. The molecule has 0 spiro atoms. The van der Waals surface area contributed by atoms with Crippen molar-refractivity contribution in [3.63, 3.8) is 0 Å². The van der Waals surface area contributed by atoms with Crippen molar-refractivity contribution < 1.29 is 0 Å². The lowest BCUT2D eigenvalue weighted by atomic mass is 11.1. The van der Waals surface area contributed by atoms with Crippen LogP contribution in [0.25, 0.3) is 5.13 Å². The largest absolute Gasteiger partial charge is 0.231 e. The molecular weight excluding hydrogens is 150 g/mol. The van der Waals surface area contributed by atoms with Gasteiger partial charge >= 0.3 is 0 Å². The first-order chi connectivity index (χ1) is 4.97. The van der Waals surface area contributed by atoms with Gasteiger partial charge in [-0.15, -0.1) is 0 Å². The van der Waals surface area contributed by atoms with Gasteiger partial charge in [0.05, 0.1) is 0 Å². The molecule has 0 fully saturated rings. The maximum absolute atomic E-state index is 3.93. The summed E-state index contributed by atoms with van der Waals surface area (Å²) in [6, 6.07) is 0. The van der Waals surface area contributed by atoms with Gasteiger partial charge in [0.2, 0.25) is 5.13 Å². The lowest BCUT2D eigenvalue weighted by molar-refractivity contribution is 0.867. The summed E-state index contributed by atoms with van der Waals surface area (Å²) < 4.78 is 5.39. The smallest absolute Gasteiger partial charge is 0.223 e. The van der Waals surface area contributed by atoms with E-state index < -0.39 is 0 Å². The Kier molecular flexibility index (Phi) is 1.17. The predicted molar refractivity (Wildman–Crippen MR) is 34.8 cm³/mol. The molecule has 0 atom stereocenters. The molecule has 0 saturated heterocycles. The quantitative estimate of drug-likeness (QED) is 0.583. The second-order valence-corrected chi connectivity index (χ2v) is 2.32. The fourth-order valence-corrected chi connectivity index (χ4v) is 1.04. The van der Waals surface area contributed by atoms with E-state index in [1.807, 2.05) is 0 Å². The highest BCUT2D eigenvalue weighted by atomic mass is 32.1. The van der Waals surface area contributed by atoms with E-state index in [4.69, 9.17) is 0 Å². The van der Waals surface area contributed by atoms with E-state index in [1.165, 1.54) is 24.2 Å². The molecule has 0 bridgehead atoms. The zero-order valence-electron chi connectivity index (χ0n) is 4.88. The molecule has 2 heterocycles. The fourth-order valence-electron chi connectivity index (χ4n) is 0.575. The van der Waals surface area contributed by atoms with Crippen molar-refractivity contribution in [2.45, 2.75) is 0 Å². The molecule has 0 aromatic carbocycles. The zero-order chi connectivity index (χ0) is 6.81. The Morgan fingerprint density at radius 3 is 3.00 bits per heavy atom. The van der Waals surface area contributed by atoms with E-state index in [-0.39, 0.29) is 0 Å². The van der Waals surface area contributed by atoms with Gasteiger partial charge < -0.3 is 0 Å². The average molecular weight is 153 g/mol. The fraction of sp³-hybridized carbons (Fsp3) is 0. The Bertz CT molecular complexity index is 253. The standard InChI is InChI=1S/C4H3N5S/c1-5-3-9(7-1)4-6-2-8-10-4/h1-3H. The van der Waals surface area contributed by atoms with Crippen LogP contribution in [0.4, 0.5) is 0 Å². The van der Waals surface area contributed by atoms with Gasteiger partial charge in [0.1, 0.15) is 19.0 Å². The summed E-state index contributed by atoms with van der Waals surface area (Å²) in [4.78, 5) is 7.70. The number of nitrogens with zero attached hydrogens (tertiary/aromatic N) is 5. The van der Waals surface area contributed by atoms with Crippen molar-refractivity contribution in [1.29, 1.82) is 0 Å². The van der Waals surface area contributed by atoms with E-state index in [1.54, 1.807) is 11.0 Å². The highest BCUT2D eigenvalue weighted by Crippen LogP contribution is 2.03. The SMILES string of the molecule is c1nsc(-n2cncn2)n1. The van der Waals surface area contributed by atoms with Crippen LogP contribution in [0, 0.1) is 0 Å². The Morgan fingerprint density at radius 1 is 1.40 bits per heavy atom. The molecule has 0 unspecified atom stereocenters. The maximum Gasteiger partial charge on any atom is 0.231 e. The Balaban J connectivity index is 2.48. The van der Waals surface area contributed by atoms with Crippen molar-refractivity contribution >= 4 is 11.5 Å². The summed E-state index contributed by atoms with van der Waals surface area (Å²) in [5.74, 6) is 0. The molecule has 2 rings (SSSR count). The van der Waals surface area contributed by atoms with Crippen molar-refractivity contribution in [2.75, 3.05) is 0 Å².